The predicted molar refractivity (Wildman–Crippen MR) is 58.5 cm³/mol. The van der Waals surface area contributed by atoms with Crippen molar-refractivity contribution in [1.29, 1.82) is 0 Å². The Balaban J connectivity index is 1.90. The number of nitrogens with one attached hydrogen (secondary N) is 2. The summed E-state index contributed by atoms with van der Waals surface area (Å²) in [6.45, 7) is 1.30. The Morgan fingerprint density at radius 3 is 2.75 bits per heavy atom. The van der Waals surface area contributed by atoms with Crippen molar-refractivity contribution in [3.8, 4) is 0 Å². The van der Waals surface area contributed by atoms with E-state index in [4.69, 9.17) is 12.2 Å². The third-order valence-electron chi connectivity index (χ3n) is 2.28. The molecule has 0 aromatic carbocycles. The summed E-state index contributed by atoms with van der Waals surface area (Å²) in [7, 11) is 0. The van der Waals surface area contributed by atoms with Gasteiger partial charge in [-0.15, -0.1) is 13.2 Å². The van der Waals surface area contributed by atoms with E-state index in [2.05, 4.69) is 15.4 Å². The maximum atomic E-state index is 11.6. The minimum atomic E-state index is -4.53. The topological polar surface area (TPSA) is 33.3 Å². The Hall–Kier alpha value is -0.240. The maximum Gasteiger partial charge on any atom is 0.522 e. The van der Waals surface area contributed by atoms with Crippen molar-refractivity contribution < 1.29 is 17.9 Å². The molecule has 3 nitrogen and oxygen atoms in total. The quantitative estimate of drug-likeness (QED) is 0.553. The van der Waals surface area contributed by atoms with Gasteiger partial charge in [0.25, 0.3) is 0 Å². The number of hydrogen-bond acceptors (Lipinski definition) is 4. The molecule has 16 heavy (non-hydrogen) atoms. The molecular formula is C9H15F3N2OS. The molecule has 0 spiro atoms. The lowest BCUT2D eigenvalue weighted by molar-refractivity contribution is -0.323. The fourth-order valence-electron chi connectivity index (χ4n) is 1.52. The van der Waals surface area contributed by atoms with Gasteiger partial charge in [0.15, 0.2) is 0 Å². The highest BCUT2D eigenvalue weighted by molar-refractivity contribution is 7.80. The summed E-state index contributed by atoms with van der Waals surface area (Å²) in [5.74, 6) is 0. The molecule has 2 N–H and O–H groups in total. The highest BCUT2D eigenvalue weighted by atomic mass is 32.1. The van der Waals surface area contributed by atoms with Crippen LogP contribution < -0.4 is 10.6 Å². The number of ether oxygens (including phenoxy) is 1. The molecule has 0 radical (unpaired) electrons. The summed E-state index contributed by atoms with van der Waals surface area (Å²) in [6, 6.07) is 0.364. The molecule has 7 heteroatoms. The van der Waals surface area contributed by atoms with Crippen LogP contribution in [0.5, 0.6) is 0 Å². The van der Waals surface area contributed by atoms with Crippen molar-refractivity contribution in [2.24, 2.45) is 0 Å². The third-order valence-corrected chi connectivity index (χ3v) is 2.59. The van der Waals surface area contributed by atoms with Crippen molar-refractivity contribution in [3.63, 3.8) is 0 Å². The molecular weight excluding hydrogens is 241 g/mol. The first-order chi connectivity index (χ1) is 7.47. The lowest BCUT2D eigenvalue weighted by Crippen LogP contribution is -2.29. The van der Waals surface area contributed by atoms with E-state index in [1.807, 2.05) is 0 Å². The molecule has 0 bridgehead atoms. The molecule has 1 aliphatic rings. The van der Waals surface area contributed by atoms with E-state index in [0.29, 0.717) is 12.6 Å². The fraction of sp³-hybridized carbons (Fsp3) is 0.889. The van der Waals surface area contributed by atoms with Gasteiger partial charge in [-0.1, -0.05) is 12.2 Å². The average molecular weight is 256 g/mol. The van der Waals surface area contributed by atoms with Crippen molar-refractivity contribution in [1.82, 2.24) is 10.6 Å². The van der Waals surface area contributed by atoms with Crippen LogP contribution in [0.15, 0.2) is 0 Å². The van der Waals surface area contributed by atoms with Gasteiger partial charge in [0.1, 0.15) is 0 Å². The highest BCUT2D eigenvalue weighted by Crippen LogP contribution is 2.15. The van der Waals surface area contributed by atoms with Crippen LogP contribution in [0.4, 0.5) is 13.2 Å². The summed E-state index contributed by atoms with van der Waals surface area (Å²) >= 11 is 5.03. The number of alkyl halides is 3. The van der Waals surface area contributed by atoms with Gasteiger partial charge in [-0.05, 0) is 19.4 Å². The lowest BCUT2D eigenvalue weighted by atomic mass is 10.1. The van der Waals surface area contributed by atoms with Crippen LogP contribution in [-0.2, 0) is 4.74 Å². The van der Waals surface area contributed by atoms with Crippen molar-refractivity contribution in [3.05, 3.63) is 0 Å². The number of thiocarbonyl (C=S) groups is 1. The molecule has 0 amide bonds. The average Bonchev–Trinajstić information content (AvgIpc) is 2.56. The SMILES string of the molecule is FC(F)(F)OCCNCCC1CC(=S)CN1. The zero-order valence-corrected chi connectivity index (χ0v) is 9.59. The summed E-state index contributed by atoms with van der Waals surface area (Å²) in [5, 5.41) is 6.12. The van der Waals surface area contributed by atoms with Crippen LogP contribution in [0.3, 0.4) is 0 Å². The van der Waals surface area contributed by atoms with Gasteiger partial charge in [-0.25, -0.2) is 0 Å². The molecule has 1 fully saturated rings. The molecule has 0 aromatic heterocycles. The minimum absolute atomic E-state index is 0.205. The van der Waals surface area contributed by atoms with Crippen molar-refractivity contribution in [2.75, 3.05) is 26.2 Å². The van der Waals surface area contributed by atoms with Crippen LogP contribution in [0.25, 0.3) is 0 Å². The second-order valence-corrected chi connectivity index (χ2v) is 4.23. The smallest absolute Gasteiger partial charge is 0.314 e. The highest BCUT2D eigenvalue weighted by Gasteiger charge is 2.28. The van der Waals surface area contributed by atoms with Crippen LogP contribution >= 0.6 is 12.2 Å². The molecule has 1 saturated heterocycles. The minimum Gasteiger partial charge on any atom is -0.314 e. The Morgan fingerprint density at radius 2 is 2.19 bits per heavy atom. The van der Waals surface area contributed by atoms with E-state index >= 15 is 0 Å². The van der Waals surface area contributed by atoms with Gasteiger partial charge >= 0.3 is 6.36 Å². The number of halogens is 3. The zero-order chi connectivity index (χ0) is 12.0. The van der Waals surface area contributed by atoms with Gasteiger partial charge in [0.05, 0.1) is 6.61 Å². The first kappa shape index (κ1) is 13.8. The summed E-state index contributed by atoms with van der Waals surface area (Å²) in [4.78, 5) is 1.02. The Morgan fingerprint density at radius 1 is 1.44 bits per heavy atom. The van der Waals surface area contributed by atoms with Gasteiger partial charge in [-0.2, -0.15) is 0 Å². The van der Waals surface area contributed by atoms with Gasteiger partial charge in [-0.3, -0.25) is 4.74 Å². The van der Waals surface area contributed by atoms with Crippen LogP contribution in [-0.4, -0.2) is 43.5 Å². The number of hydrogen-bond donors (Lipinski definition) is 2. The van der Waals surface area contributed by atoms with Crippen LogP contribution in [0.1, 0.15) is 12.8 Å². The lowest BCUT2D eigenvalue weighted by Gasteiger charge is -2.11. The van der Waals surface area contributed by atoms with E-state index < -0.39 is 6.36 Å². The molecule has 0 saturated carbocycles. The molecule has 1 atom stereocenters. The van der Waals surface area contributed by atoms with Gasteiger partial charge < -0.3 is 10.6 Å². The van der Waals surface area contributed by atoms with Gasteiger partial charge in [0.2, 0.25) is 0 Å². The van der Waals surface area contributed by atoms with E-state index in [0.717, 1.165) is 24.3 Å². The Labute approximate surface area is 97.7 Å². The molecule has 1 aliphatic heterocycles. The summed E-state index contributed by atoms with van der Waals surface area (Å²) < 4.78 is 38.4. The van der Waals surface area contributed by atoms with E-state index in [1.165, 1.54) is 0 Å². The molecule has 1 unspecified atom stereocenters. The van der Waals surface area contributed by atoms with Crippen molar-refractivity contribution in [2.45, 2.75) is 25.2 Å². The molecule has 0 aromatic rings. The van der Waals surface area contributed by atoms with Crippen LogP contribution in [0.2, 0.25) is 0 Å². The molecule has 0 aliphatic carbocycles. The fourth-order valence-corrected chi connectivity index (χ4v) is 1.81. The largest absolute Gasteiger partial charge is 0.522 e. The van der Waals surface area contributed by atoms with Gasteiger partial charge in [0, 0.05) is 24.0 Å². The Bertz CT molecular complexity index is 235. The predicted octanol–water partition coefficient (Wildman–Crippen LogP) is 1.23. The maximum absolute atomic E-state index is 11.6. The first-order valence-electron chi connectivity index (χ1n) is 5.14. The van der Waals surface area contributed by atoms with E-state index in [1.54, 1.807) is 0 Å². The molecule has 1 heterocycles. The second-order valence-electron chi connectivity index (χ2n) is 3.65. The molecule has 1 rings (SSSR count). The van der Waals surface area contributed by atoms with Crippen molar-refractivity contribution >= 4 is 17.1 Å². The monoisotopic (exact) mass is 256 g/mol. The van der Waals surface area contributed by atoms with E-state index in [-0.39, 0.29) is 13.2 Å². The van der Waals surface area contributed by atoms with Crippen LogP contribution in [0, 0.1) is 0 Å². The normalized spacial score (nSPS) is 21.7. The first-order valence-corrected chi connectivity index (χ1v) is 5.55. The Kier molecular flexibility index (Phi) is 5.60. The molecule has 94 valence electrons. The summed E-state index contributed by atoms with van der Waals surface area (Å²) in [6.07, 6.45) is -2.77. The van der Waals surface area contributed by atoms with E-state index in [9.17, 15) is 13.2 Å². The third kappa shape index (κ3) is 6.37. The summed E-state index contributed by atoms with van der Waals surface area (Å²) in [5.41, 5.74) is 0. The zero-order valence-electron chi connectivity index (χ0n) is 8.77. The number of rotatable bonds is 6. The standard InChI is InChI=1S/C9H15F3N2OS/c10-9(11,12)15-4-3-13-2-1-7-5-8(16)6-14-7/h7,13-14H,1-6H2. The second kappa shape index (κ2) is 6.48.